The van der Waals surface area contributed by atoms with Crippen molar-refractivity contribution in [2.75, 3.05) is 5.32 Å². The van der Waals surface area contributed by atoms with Crippen molar-refractivity contribution in [3.63, 3.8) is 0 Å². The normalized spacial score (nSPS) is 10.1. The predicted octanol–water partition coefficient (Wildman–Crippen LogP) is 3.07. The van der Waals surface area contributed by atoms with Crippen molar-refractivity contribution >= 4 is 39.3 Å². The molecule has 18 heavy (non-hydrogen) atoms. The van der Waals surface area contributed by atoms with E-state index in [9.17, 15) is 4.79 Å². The molecular weight excluding hydrogens is 318 g/mol. The molecular formula is C12H9BrClN3O. The molecule has 0 aliphatic rings. The first-order chi connectivity index (χ1) is 8.63. The quantitative estimate of drug-likeness (QED) is 0.882. The molecule has 6 heteroatoms. The standard InChI is InChI=1S/C12H9BrClN3O/c13-9-3-1-2-8(6-9)7-11(18)16-10-4-5-15-12(14)17-10/h1-6H,7H2,(H,15,16,17,18). The Kier molecular flexibility index (Phi) is 4.28. The number of hydrogen-bond acceptors (Lipinski definition) is 3. The van der Waals surface area contributed by atoms with Crippen LogP contribution >= 0.6 is 27.5 Å². The Hall–Kier alpha value is -1.46. The van der Waals surface area contributed by atoms with Gasteiger partial charge in [-0.15, -0.1) is 0 Å². The van der Waals surface area contributed by atoms with Gasteiger partial charge in [0, 0.05) is 10.7 Å². The van der Waals surface area contributed by atoms with E-state index in [2.05, 4.69) is 31.2 Å². The average Bonchev–Trinajstić information content (AvgIpc) is 2.28. The molecule has 1 amide bonds. The molecule has 1 N–H and O–H groups in total. The van der Waals surface area contributed by atoms with E-state index in [0.29, 0.717) is 5.82 Å². The van der Waals surface area contributed by atoms with Crippen LogP contribution in [-0.2, 0) is 11.2 Å². The van der Waals surface area contributed by atoms with Gasteiger partial charge in [0.15, 0.2) is 0 Å². The van der Waals surface area contributed by atoms with E-state index in [0.717, 1.165) is 10.0 Å². The van der Waals surface area contributed by atoms with Gasteiger partial charge in [-0.25, -0.2) is 9.97 Å². The zero-order chi connectivity index (χ0) is 13.0. The van der Waals surface area contributed by atoms with Crippen LogP contribution in [0.2, 0.25) is 5.28 Å². The van der Waals surface area contributed by atoms with E-state index in [1.807, 2.05) is 24.3 Å². The fourth-order valence-electron chi connectivity index (χ4n) is 1.42. The summed E-state index contributed by atoms with van der Waals surface area (Å²) in [5.41, 5.74) is 0.919. The summed E-state index contributed by atoms with van der Waals surface area (Å²) in [6.45, 7) is 0. The van der Waals surface area contributed by atoms with Crippen LogP contribution in [0, 0.1) is 0 Å². The molecule has 0 aliphatic heterocycles. The third-order valence-corrected chi connectivity index (χ3v) is 2.82. The van der Waals surface area contributed by atoms with Gasteiger partial charge in [0.2, 0.25) is 11.2 Å². The number of halogens is 2. The lowest BCUT2D eigenvalue weighted by Gasteiger charge is -2.04. The van der Waals surface area contributed by atoms with E-state index in [4.69, 9.17) is 11.6 Å². The van der Waals surface area contributed by atoms with Crippen molar-refractivity contribution < 1.29 is 4.79 Å². The van der Waals surface area contributed by atoms with Crippen LogP contribution in [0.1, 0.15) is 5.56 Å². The van der Waals surface area contributed by atoms with Crippen molar-refractivity contribution in [2.45, 2.75) is 6.42 Å². The summed E-state index contributed by atoms with van der Waals surface area (Å²) in [5.74, 6) is 0.248. The molecule has 0 fully saturated rings. The Morgan fingerprint density at radius 2 is 2.22 bits per heavy atom. The molecule has 0 saturated carbocycles. The Morgan fingerprint density at radius 3 is 2.94 bits per heavy atom. The number of nitrogens with zero attached hydrogens (tertiary/aromatic N) is 2. The largest absolute Gasteiger partial charge is 0.310 e. The lowest BCUT2D eigenvalue weighted by Crippen LogP contribution is -2.15. The highest BCUT2D eigenvalue weighted by atomic mass is 79.9. The first-order valence-corrected chi connectivity index (χ1v) is 6.33. The topological polar surface area (TPSA) is 54.9 Å². The van der Waals surface area contributed by atoms with Crippen LogP contribution in [0.25, 0.3) is 0 Å². The Balaban J connectivity index is 2.01. The molecule has 0 atom stereocenters. The zero-order valence-corrected chi connectivity index (χ0v) is 11.6. The van der Waals surface area contributed by atoms with Crippen molar-refractivity contribution in [1.82, 2.24) is 9.97 Å². The van der Waals surface area contributed by atoms with E-state index in [1.54, 1.807) is 6.07 Å². The van der Waals surface area contributed by atoms with Crippen LogP contribution in [0.5, 0.6) is 0 Å². The van der Waals surface area contributed by atoms with E-state index >= 15 is 0 Å². The highest BCUT2D eigenvalue weighted by Gasteiger charge is 2.05. The molecule has 0 bridgehead atoms. The molecule has 2 rings (SSSR count). The minimum absolute atomic E-state index is 0.107. The molecule has 0 aliphatic carbocycles. The summed E-state index contributed by atoms with van der Waals surface area (Å²) < 4.78 is 0.942. The van der Waals surface area contributed by atoms with Crippen LogP contribution < -0.4 is 5.32 Å². The van der Waals surface area contributed by atoms with Crippen molar-refractivity contribution in [3.8, 4) is 0 Å². The number of carbonyl (C=O) groups is 1. The maximum absolute atomic E-state index is 11.8. The number of nitrogens with one attached hydrogen (secondary N) is 1. The SMILES string of the molecule is O=C(Cc1cccc(Br)c1)Nc1ccnc(Cl)n1. The van der Waals surface area contributed by atoms with Crippen molar-refractivity contribution in [2.24, 2.45) is 0 Å². The third-order valence-electron chi connectivity index (χ3n) is 2.15. The fourth-order valence-corrected chi connectivity index (χ4v) is 2.02. The van der Waals surface area contributed by atoms with Crippen molar-refractivity contribution in [1.29, 1.82) is 0 Å². The lowest BCUT2D eigenvalue weighted by atomic mass is 10.1. The second-order valence-corrected chi connectivity index (χ2v) is 4.82. The number of anilines is 1. The van der Waals surface area contributed by atoms with Crippen LogP contribution in [-0.4, -0.2) is 15.9 Å². The zero-order valence-electron chi connectivity index (χ0n) is 9.23. The molecule has 1 aromatic carbocycles. The van der Waals surface area contributed by atoms with Gasteiger partial charge < -0.3 is 5.32 Å². The number of aromatic nitrogens is 2. The summed E-state index contributed by atoms with van der Waals surface area (Å²) in [7, 11) is 0. The van der Waals surface area contributed by atoms with Gasteiger partial charge in [-0.3, -0.25) is 4.79 Å². The van der Waals surface area contributed by atoms with E-state index in [1.165, 1.54) is 6.20 Å². The molecule has 92 valence electrons. The lowest BCUT2D eigenvalue weighted by molar-refractivity contribution is -0.115. The minimum atomic E-state index is -0.150. The van der Waals surface area contributed by atoms with Gasteiger partial charge in [0.05, 0.1) is 6.42 Å². The maximum Gasteiger partial charge on any atom is 0.229 e. The molecule has 0 unspecified atom stereocenters. The number of amides is 1. The maximum atomic E-state index is 11.8. The third kappa shape index (κ3) is 3.78. The van der Waals surface area contributed by atoms with Gasteiger partial charge in [0.25, 0.3) is 0 Å². The van der Waals surface area contributed by atoms with Crippen LogP contribution in [0.3, 0.4) is 0 Å². The molecule has 4 nitrogen and oxygen atoms in total. The second kappa shape index (κ2) is 5.93. The monoisotopic (exact) mass is 325 g/mol. The highest BCUT2D eigenvalue weighted by Crippen LogP contribution is 2.13. The van der Waals surface area contributed by atoms with Gasteiger partial charge >= 0.3 is 0 Å². The smallest absolute Gasteiger partial charge is 0.229 e. The molecule has 1 aromatic heterocycles. The number of hydrogen-bond donors (Lipinski definition) is 1. The molecule has 1 heterocycles. The minimum Gasteiger partial charge on any atom is -0.310 e. The summed E-state index contributed by atoms with van der Waals surface area (Å²) in [6, 6.07) is 9.16. The number of carbonyl (C=O) groups excluding carboxylic acids is 1. The van der Waals surface area contributed by atoms with Crippen LogP contribution in [0.4, 0.5) is 5.82 Å². The number of benzene rings is 1. The molecule has 2 aromatic rings. The summed E-state index contributed by atoms with van der Waals surface area (Å²) in [6.07, 6.45) is 1.77. The van der Waals surface area contributed by atoms with Gasteiger partial charge in [-0.2, -0.15) is 0 Å². The number of rotatable bonds is 3. The summed E-state index contributed by atoms with van der Waals surface area (Å²) >= 11 is 8.99. The first-order valence-electron chi connectivity index (χ1n) is 5.16. The molecule has 0 radical (unpaired) electrons. The average molecular weight is 327 g/mol. The van der Waals surface area contributed by atoms with Crippen molar-refractivity contribution in [3.05, 3.63) is 51.8 Å². The van der Waals surface area contributed by atoms with Crippen LogP contribution in [0.15, 0.2) is 41.0 Å². The Labute approximate surface area is 118 Å². The first kappa shape index (κ1) is 13.0. The fraction of sp³-hybridized carbons (Fsp3) is 0.0833. The summed E-state index contributed by atoms with van der Waals surface area (Å²) in [5, 5.41) is 2.77. The van der Waals surface area contributed by atoms with Gasteiger partial charge in [-0.1, -0.05) is 28.1 Å². The molecule has 0 saturated heterocycles. The second-order valence-electron chi connectivity index (χ2n) is 3.57. The van der Waals surface area contributed by atoms with E-state index < -0.39 is 0 Å². The predicted molar refractivity (Wildman–Crippen MR) is 73.5 cm³/mol. The molecule has 0 spiro atoms. The summed E-state index contributed by atoms with van der Waals surface area (Å²) in [4.78, 5) is 19.4. The van der Waals surface area contributed by atoms with E-state index in [-0.39, 0.29) is 17.6 Å². The van der Waals surface area contributed by atoms with Gasteiger partial charge in [-0.05, 0) is 35.4 Å². The highest BCUT2D eigenvalue weighted by molar-refractivity contribution is 9.10. The Morgan fingerprint density at radius 1 is 1.39 bits per heavy atom. The van der Waals surface area contributed by atoms with Gasteiger partial charge in [0.1, 0.15) is 5.82 Å². The Bertz CT molecular complexity index is 527.